The number of aryl methyl sites for hydroxylation is 1. The van der Waals surface area contributed by atoms with Crippen molar-refractivity contribution in [3.63, 3.8) is 0 Å². The van der Waals surface area contributed by atoms with Gasteiger partial charge in [0.15, 0.2) is 0 Å². The molecule has 0 spiro atoms. The number of ether oxygens (including phenoxy) is 1. The smallest absolute Gasteiger partial charge is 0.240 e. The highest BCUT2D eigenvalue weighted by atomic mass is 79.9. The molecule has 0 saturated carbocycles. The first-order valence-electron chi connectivity index (χ1n) is 5.03. The third kappa shape index (κ3) is 2.90. The number of benzene rings is 1. The molecule has 0 atom stereocenters. The Kier molecular flexibility index (Phi) is 4.00. The van der Waals surface area contributed by atoms with Crippen molar-refractivity contribution >= 4 is 33.5 Å². The Morgan fingerprint density at radius 1 is 1.44 bits per heavy atom. The summed E-state index contributed by atoms with van der Waals surface area (Å²) in [6.45, 7) is 1.90. The van der Waals surface area contributed by atoms with Crippen LogP contribution in [0, 0.1) is 6.92 Å². The topological polar surface area (TPSA) is 73.1 Å². The molecule has 0 bridgehead atoms. The van der Waals surface area contributed by atoms with Gasteiger partial charge >= 0.3 is 0 Å². The maximum atomic E-state index is 5.95. The van der Waals surface area contributed by atoms with E-state index in [1.54, 1.807) is 18.3 Å². The summed E-state index contributed by atoms with van der Waals surface area (Å²) in [7, 11) is 0. The fraction of sp³-hybridized carbons (Fsp3) is 0.0909. The van der Waals surface area contributed by atoms with E-state index in [-0.39, 0.29) is 5.95 Å². The molecular formula is C11H10BrClN4O. The van der Waals surface area contributed by atoms with Gasteiger partial charge in [-0.2, -0.15) is 4.98 Å². The molecule has 0 fully saturated rings. The second-order valence-corrected chi connectivity index (χ2v) is 4.77. The van der Waals surface area contributed by atoms with E-state index in [4.69, 9.17) is 22.2 Å². The lowest BCUT2D eigenvalue weighted by Gasteiger charge is -2.08. The van der Waals surface area contributed by atoms with Gasteiger partial charge in [-0.25, -0.2) is 10.8 Å². The van der Waals surface area contributed by atoms with Gasteiger partial charge in [-0.3, -0.25) is 5.43 Å². The maximum Gasteiger partial charge on any atom is 0.240 e. The number of hydrazine groups is 1. The molecule has 5 nitrogen and oxygen atoms in total. The summed E-state index contributed by atoms with van der Waals surface area (Å²) < 4.78 is 6.27. The summed E-state index contributed by atoms with van der Waals surface area (Å²) in [4.78, 5) is 8.02. The first-order chi connectivity index (χ1) is 8.60. The van der Waals surface area contributed by atoms with Crippen molar-refractivity contribution in [3.05, 3.63) is 39.5 Å². The number of halogens is 2. The first kappa shape index (κ1) is 13.1. The van der Waals surface area contributed by atoms with E-state index >= 15 is 0 Å². The molecule has 0 amide bonds. The predicted molar refractivity (Wildman–Crippen MR) is 73.8 cm³/mol. The Morgan fingerprint density at radius 2 is 2.22 bits per heavy atom. The number of hydrogen-bond acceptors (Lipinski definition) is 5. The fourth-order valence-electron chi connectivity index (χ4n) is 1.28. The maximum absolute atomic E-state index is 5.95. The normalized spacial score (nSPS) is 10.2. The minimum Gasteiger partial charge on any atom is -0.438 e. The number of nitrogens with zero attached hydrogens (tertiary/aromatic N) is 2. The lowest BCUT2D eigenvalue weighted by atomic mass is 10.2. The van der Waals surface area contributed by atoms with Crippen LogP contribution >= 0.6 is 27.5 Å². The number of aromatic nitrogens is 2. The molecule has 2 aromatic rings. The highest BCUT2D eigenvalue weighted by Gasteiger charge is 2.08. The van der Waals surface area contributed by atoms with Crippen molar-refractivity contribution in [2.24, 2.45) is 5.84 Å². The zero-order valence-electron chi connectivity index (χ0n) is 9.45. The number of nitrogens with two attached hydrogens (primary N) is 1. The van der Waals surface area contributed by atoms with Gasteiger partial charge in [-0.05, 0) is 46.6 Å². The second-order valence-electron chi connectivity index (χ2n) is 3.50. The van der Waals surface area contributed by atoms with Crippen LogP contribution in [0.4, 0.5) is 5.95 Å². The van der Waals surface area contributed by atoms with Crippen LogP contribution in [0.15, 0.2) is 28.9 Å². The molecule has 0 aliphatic carbocycles. The molecule has 18 heavy (non-hydrogen) atoms. The van der Waals surface area contributed by atoms with Gasteiger partial charge in [0.25, 0.3) is 0 Å². The van der Waals surface area contributed by atoms with Crippen LogP contribution in [0.1, 0.15) is 5.56 Å². The molecule has 3 N–H and O–H groups in total. The minimum atomic E-state index is 0.277. The molecule has 1 aromatic heterocycles. The average Bonchev–Trinajstić information content (AvgIpc) is 2.36. The van der Waals surface area contributed by atoms with E-state index in [9.17, 15) is 0 Å². The van der Waals surface area contributed by atoms with Gasteiger partial charge in [-0.1, -0.05) is 11.6 Å². The van der Waals surface area contributed by atoms with Crippen molar-refractivity contribution in [1.82, 2.24) is 9.97 Å². The van der Waals surface area contributed by atoms with Crippen molar-refractivity contribution in [2.45, 2.75) is 6.92 Å². The summed E-state index contributed by atoms with van der Waals surface area (Å²) in [6.07, 6.45) is 1.56. The first-order valence-corrected chi connectivity index (χ1v) is 6.20. The third-order valence-electron chi connectivity index (χ3n) is 2.18. The van der Waals surface area contributed by atoms with Crippen LogP contribution in [0.3, 0.4) is 0 Å². The van der Waals surface area contributed by atoms with Crippen LogP contribution in [0.25, 0.3) is 0 Å². The van der Waals surface area contributed by atoms with Crippen LogP contribution < -0.4 is 16.0 Å². The van der Waals surface area contributed by atoms with Gasteiger partial charge in [0.05, 0.1) is 10.7 Å². The van der Waals surface area contributed by atoms with E-state index in [2.05, 4.69) is 31.3 Å². The second kappa shape index (κ2) is 5.51. The van der Waals surface area contributed by atoms with Crippen molar-refractivity contribution in [3.8, 4) is 11.6 Å². The number of anilines is 1. The van der Waals surface area contributed by atoms with Gasteiger partial charge in [0.1, 0.15) is 5.75 Å². The Bertz CT molecular complexity index is 579. The van der Waals surface area contributed by atoms with Gasteiger partial charge < -0.3 is 4.74 Å². The van der Waals surface area contributed by atoms with Crippen molar-refractivity contribution < 1.29 is 4.74 Å². The molecule has 0 saturated heterocycles. The SMILES string of the molecule is Cc1cc(Oc2nc(NN)ncc2Br)ccc1Cl. The summed E-state index contributed by atoms with van der Waals surface area (Å²) >= 11 is 9.25. The molecule has 0 radical (unpaired) electrons. The highest BCUT2D eigenvalue weighted by Crippen LogP contribution is 2.29. The lowest BCUT2D eigenvalue weighted by molar-refractivity contribution is 0.458. The van der Waals surface area contributed by atoms with Gasteiger partial charge in [-0.15, -0.1) is 0 Å². The number of hydrogen-bond donors (Lipinski definition) is 2. The molecular weight excluding hydrogens is 320 g/mol. The number of rotatable bonds is 3. The fourth-order valence-corrected chi connectivity index (χ4v) is 1.67. The van der Waals surface area contributed by atoms with E-state index in [0.29, 0.717) is 21.1 Å². The largest absolute Gasteiger partial charge is 0.438 e. The molecule has 7 heteroatoms. The minimum absolute atomic E-state index is 0.277. The highest BCUT2D eigenvalue weighted by molar-refractivity contribution is 9.10. The molecule has 1 heterocycles. The van der Waals surface area contributed by atoms with Crippen LogP contribution in [0.2, 0.25) is 5.02 Å². The standard InChI is InChI=1S/C11H10BrClN4O/c1-6-4-7(2-3-9(6)13)18-10-8(12)5-15-11(16-10)17-14/h2-5H,14H2,1H3,(H,15,16,17). The summed E-state index contributed by atoms with van der Waals surface area (Å²) in [5.41, 5.74) is 3.28. The quantitative estimate of drug-likeness (QED) is 0.668. The third-order valence-corrected chi connectivity index (χ3v) is 3.15. The van der Waals surface area contributed by atoms with E-state index in [1.807, 2.05) is 13.0 Å². The Hall–Kier alpha value is -1.37. The monoisotopic (exact) mass is 328 g/mol. The van der Waals surface area contributed by atoms with Crippen LogP contribution in [-0.2, 0) is 0 Å². The van der Waals surface area contributed by atoms with Gasteiger partial charge in [0, 0.05) is 5.02 Å². The summed E-state index contributed by atoms with van der Waals surface area (Å²) in [6, 6.07) is 5.36. The van der Waals surface area contributed by atoms with E-state index in [1.165, 1.54) is 0 Å². The van der Waals surface area contributed by atoms with E-state index in [0.717, 1.165) is 5.56 Å². The summed E-state index contributed by atoms with van der Waals surface area (Å²) in [5, 5.41) is 0.688. The average molecular weight is 330 g/mol. The lowest BCUT2D eigenvalue weighted by Crippen LogP contribution is -2.10. The molecule has 2 rings (SSSR count). The Balaban J connectivity index is 2.30. The summed E-state index contributed by atoms with van der Waals surface area (Å²) in [5.74, 6) is 6.53. The van der Waals surface area contributed by atoms with Crippen molar-refractivity contribution in [1.29, 1.82) is 0 Å². The van der Waals surface area contributed by atoms with Gasteiger partial charge in [0.2, 0.25) is 11.8 Å². The van der Waals surface area contributed by atoms with Crippen LogP contribution in [0.5, 0.6) is 11.6 Å². The number of nitrogens with one attached hydrogen (secondary N) is 1. The Labute approximate surface area is 117 Å². The van der Waals surface area contributed by atoms with Crippen molar-refractivity contribution in [2.75, 3.05) is 5.43 Å². The van der Waals surface area contributed by atoms with Crippen LogP contribution in [-0.4, -0.2) is 9.97 Å². The zero-order chi connectivity index (χ0) is 13.1. The molecule has 1 aromatic carbocycles. The predicted octanol–water partition coefficient (Wildman–Crippen LogP) is 3.28. The molecule has 0 aliphatic heterocycles. The number of nitrogen functional groups attached to an aromatic ring is 1. The zero-order valence-corrected chi connectivity index (χ0v) is 11.8. The Morgan fingerprint density at radius 3 is 2.89 bits per heavy atom. The van der Waals surface area contributed by atoms with E-state index < -0.39 is 0 Å². The molecule has 0 aliphatic rings. The molecule has 94 valence electrons. The molecule has 0 unspecified atom stereocenters.